The number of aromatic nitrogens is 2. The van der Waals surface area contributed by atoms with E-state index in [0.29, 0.717) is 5.69 Å². The fraction of sp³-hybridized carbons (Fsp3) is 0.231. The van der Waals surface area contributed by atoms with Gasteiger partial charge in [0.25, 0.3) is 0 Å². The molecular formula is C13H13FN2. The van der Waals surface area contributed by atoms with E-state index >= 15 is 0 Å². The van der Waals surface area contributed by atoms with Gasteiger partial charge >= 0.3 is 0 Å². The molecule has 3 heteroatoms. The fourth-order valence-electron chi connectivity index (χ4n) is 1.62. The molecule has 0 aliphatic rings. The minimum atomic E-state index is -0.541. The fourth-order valence-corrected chi connectivity index (χ4v) is 1.62. The zero-order valence-corrected chi connectivity index (χ0v) is 9.37. The van der Waals surface area contributed by atoms with Gasteiger partial charge in [0.2, 0.25) is 0 Å². The molecule has 0 saturated carbocycles. The smallest absolute Gasteiger partial charge is 0.131 e. The second kappa shape index (κ2) is 4.39. The lowest BCUT2D eigenvalue weighted by atomic mass is 10.1. The Morgan fingerprint density at radius 2 is 1.81 bits per heavy atom. The van der Waals surface area contributed by atoms with Crippen LogP contribution < -0.4 is 0 Å². The van der Waals surface area contributed by atoms with Crippen LogP contribution in [0.3, 0.4) is 0 Å². The van der Waals surface area contributed by atoms with Gasteiger partial charge in [-0.2, -0.15) is 0 Å². The first-order chi connectivity index (χ1) is 7.69. The van der Waals surface area contributed by atoms with Crippen molar-refractivity contribution in [2.75, 3.05) is 0 Å². The van der Waals surface area contributed by atoms with E-state index in [1.807, 2.05) is 32.0 Å². The molecule has 2 nitrogen and oxygen atoms in total. The van der Waals surface area contributed by atoms with Gasteiger partial charge in [-0.15, -0.1) is 0 Å². The standard InChI is InChI=1S/C13H13FN2/c1-9-3-4-15-12(6-9)13-7-10(2)5-11(8-14)16-13/h3-7H,8H2,1-2H3. The number of hydrogen-bond acceptors (Lipinski definition) is 2. The van der Waals surface area contributed by atoms with E-state index in [-0.39, 0.29) is 0 Å². The number of halogens is 1. The van der Waals surface area contributed by atoms with Crippen LogP contribution in [0.25, 0.3) is 11.4 Å². The molecule has 0 saturated heterocycles. The topological polar surface area (TPSA) is 25.8 Å². The first-order valence-corrected chi connectivity index (χ1v) is 5.15. The number of rotatable bonds is 2. The van der Waals surface area contributed by atoms with Crippen LogP contribution in [0.4, 0.5) is 4.39 Å². The van der Waals surface area contributed by atoms with Crippen molar-refractivity contribution in [2.24, 2.45) is 0 Å². The summed E-state index contributed by atoms with van der Waals surface area (Å²) in [6, 6.07) is 7.54. The molecule has 2 rings (SSSR count). The Morgan fingerprint density at radius 1 is 1.06 bits per heavy atom. The molecule has 2 heterocycles. The summed E-state index contributed by atoms with van der Waals surface area (Å²) >= 11 is 0. The second-order valence-electron chi connectivity index (χ2n) is 3.87. The van der Waals surface area contributed by atoms with Gasteiger partial charge in [-0.3, -0.25) is 4.98 Å². The minimum Gasteiger partial charge on any atom is -0.255 e. The van der Waals surface area contributed by atoms with Crippen molar-refractivity contribution in [2.45, 2.75) is 20.5 Å². The molecule has 82 valence electrons. The van der Waals surface area contributed by atoms with Gasteiger partial charge < -0.3 is 0 Å². The van der Waals surface area contributed by atoms with Crippen LogP contribution in [0.5, 0.6) is 0 Å². The third kappa shape index (κ3) is 2.24. The molecule has 2 aromatic rings. The molecule has 0 aliphatic heterocycles. The second-order valence-corrected chi connectivity index (χ2v) is 3.87. The first-order valence-electron chi connectivity index (χ1n) is 5.15. The van der Waals surface area contributed by atoms with E-state index in [2.05, 4.69) is 9.97 Å². The minimum absolute atomic E-state index is 0.457. The Bertz CT molecular complexity index is 509. The largest absolute Gasteiger partial charge is 0.255 e. The molecule has 0 aliphatic carbocycles. The molecule has 0 spiro atoms. The highest BCUT2D eigenvalue weighted by Gasteiger charge is 2.04. The first kappa shape index (κ1) is 10.7. The van der Waals surface area contributed by atoms with Gasteiger partial charge in [0, 0.05) is 6.20 Å². The maximum atomic E-state index is 12.6. The Hall–Kier alpha value is -1.77. The van der Waals surface area contributed by atoms with E-state index < -0.39 is 6.67 Å². The van der Waals surface area contributed by atoms with Gasteiger partial charge in [-0.25, -0.2) is 9.37 Å². The van der Waals surface area contributed by atoms with Crippen LogP contribution in [0.2, 0.25) is 0 Å². The van der Waals surface area contributed by atoms with E-state index in [1.165, 1.54) is 0 Å². The van der Waals surface area contributed by atoms with E-state index in [9.17, 15) is 4.39 Å². The Balaban J connectivity index is 2.51. The van der Waals surface area contributed by atoms with Gasteiger partial charge in [-0.1, -0.05) is 0 Å². The van der Waals surface area contributed by atoms with Crippen LogP contribution in [0.15, 0.2) is 30.5 Å². The highest BCUT2D eigenvalue weighted by molar-refractivity contribution is 5.56. The maximum Gasteiger partial charge on any atom is 0.131 e. The van der Waals surface area contributed by atoms with Crippen LogP contribution >= 0.6 is 0 Å². The Kier molecular flexibility index (Phi) is 2.95. The lowest BCUT2D eigenvalue weighted by Crippen LogP contribution is -1.93. The summed E-state index contributed by atoms with van der Waals surface area (Å²) in [6.45, 7) is 3.39. The third-order valence-corrected chi connectivity index (χ3v) is 2.34. The van der Waals surface area contributed by atoms with Crippen LogP contribution in [0, 0.1) is 13.8 Å². The summed E-state index contributed by atoms with van der Waals surface area (Å²) in [5, 5.41) is 0. The van der Waals surface area contributed by atoms with Gasteiger partial charge in [-0.05, 0) is 49.2 Å². The van der Waals surface area contributed by atoms with Crippen LogP contribution in [-0.2, 0) is 6.67 Å². The molecule has 0 amide bonds. The predicted molar refractivity (Wildman–Crippen MR) is 61.8 cm³/mol. The normalized spacial score (nSPS) is 10.4. The Morgan fingerprint density at radius 3 is 2.50 bits per heavy atom. The van der Waals surface area contributed by atoms with Crippen molar-refractivity contribution in [1.82, 2.24) is 9.97 Å². The average Bonchev–Trinajstić information content (AvgIpc) is 2.28. The van der Waals surface area contributed by atoms with Crippen molar-refractivity contribution in [3.8, 4) is 11.4 Å². The molecule has 0 N–H and O–H groups in total. The highest BCUT2D eigenvalue weighted by atomic mass is 19.1. The number of aryl methyl sites for hydroxylation is 2. The van der Waals surface area contributed by atoms with Crippen LogP contribution in [0.1, 0.15) is 16.8 Å². The molecule has 2 aromatic heterocycles. The lowest BCUT2D eigenvalue weighted by molar-refractivity contribution is 0.476. The molecule has 0 unspecified atom stereocenters. The molecular weight excluding hydrogens is 203 g/mol. The van der Waals surface area contributed by atoms with Crippen molar-refractivity contribution >= 4 is 0 Å². The summed E-state index contributed by atoms with van der Waals surface area (Å²) in [5.74, 6) is 0. The van der Waals surface area contributed by atoms with E-state index in [0.717, 1.165) is 22.5 Å². The molecule has 0 fully saturated rings. The van der Waals surface area contributed by atoms with E-state index in [1.54, 1.807) is 12.3 Å². The summed E-state index contributed by atoms with van der Waals surface area (Å²) in [4.78, 5) is 8.47. The average molecular weight is 216 g/mol. The van der Waals surface area contributed by atoms with Gasteiger partial charge in [0.15, 0.2) is 0 Å². The number of hydrogen-bond donors (Lipinski definition) is 0. The molecule has 0 atom stereocenters. The van der Waals surface area contributed by atoms with E-state index in [4.69, 9.17) is 0 Å². The van der Waals surface area contributed by atoms with Gasteiger partial charge in [0.05, 0.1) is 17.1 Å². The SMILES string of the molecule is Cc1ccnc(-c2cc(C)cc(CF)n2)c1. The monoisotopic (exact) mass is 216 g/mol. The number of nitrogens with zero attached hydrogens (tertiary/aromatic N) is 2. The summed E-state index contributed by atoms with van der Waals surface area (Å²) in [5.41, 5.74) is 4.10. The number of alkyl halides is 1. The lowest BCUT2D eigenvalue weighted by Gasteiger charge is -2.04. The van der Waals surface area contributed by atoms with Crippen molar-refractivity contribution in [1.29, 1.82) is 0 Å². The molecule has 0 aromatic carbocycles. The highest BCUT2D eigenvalue weighted by Crippen LogP contribution is 2.18. The predicted octanol–water partition coefficient (Wildman–Crippen LogP) is 3.23. The number of pyridine rings is 2. The zero-order valence-electron chi connectivity index (χ0n) is 9.37. The van der Waals surface area contributed by atoms with Crippen molar-refractivity contribution in [3.63, 3.8) is 0 Å². The Labute approximate surface area is 94.2 Å². The maximum absolute atomic E-state index is 12.6. The van der Waals surface area contributed by atoms with Crippen LogP contribution in [-0.4, -0.2) is 9.97 Å². The summed E-state index contributed by atoms with van der Waals surface area (Å²) in [7, 11) is 0. The van der Waals surface area contributed by atoms with Gasteiger partial charge in [0.1, 0.15) is 6.67 Å². The summed E-state index contributed by atoms with van der Waals surface area (Å²) < 4.78 is 12.6. The third-order valence-electron chi connectivity index (χ3n) is 2.34. The van der Waals surface area contributed by atoms with Crippen molar-refractivity contribution < 1.29 is 4.39 Å². The quantitative estimate of drug-likeness (QED) is 0.770. The zero-order chi connectivity index (χ0) is 11.5. The summed E-state index contributed by atoms with van der Waals surface area (Å²) in [6.07, 6.45) is 1.74. The molecule has 0 bridgehead atoms. The van der Waals surface area contributed by atoms with Crippen molar-refractivity contribution in [3.05, 3.63) is 47.3 Å². The molecule has 16 heavy (non-hydrogen) atoms. The molecule has 0 radical (unpaired) electrons.